The highest BCUT2D eigenvalue weighted by Crippen LogP contribution is 2.67. The Labute approximate surface area is 225 Å². The van der Waals surface area contributed by atoms with E-state index in [-0.39, 0.29) is 40.5 Å². The molecule has 198 valence electrons. The highest BCUT2D eigenvalue weighted by Gasteiger charge is 2.63. The maximum Gasteiger partial charge on any atom is 0.220 e. The van der Waals surface area contributed by atoms with Crippen molar-refractivity contribution < 1.29 is 14.4 Å². The van der Waals surface area contributed by atoms with Crippen molar-refractivity contribution in [2.24, 2.45) is 46.3 Å². The molecule has 0 saturated heterocycles. The van der Waals surface area contributed by atoms with E-state index in [0.29, 0.717) is 55.0 Å². The minimum atomic E-state index is 0.0143. The fraction of sp³-hybridized carbons (Fsp3) is 0.767. The molecule has 36 heavy (non-hydrogen) atoms. The molecule has 0 bridgehead atoms. The van der Waals surface area contributed by atoms with Crippen molar-refractivity contribution in [2.75, 3.05) is 0 Å². The molecule has 0 radical (unpaired) electrons. The summed E-state index contributed by atoms with van der Waals surface area (Å²) in [6.07, 6.45) is 8.69. The number of nitrogens with one attached hydrogen (secondary N) is 1. The molecule has 1 N–H and O–H groups in total. The first-order valence-corrected chi connectivity index (χ1v) is 15.3. The lowest BCUT2D eigenvalue weighted by atomic mass is 9.44. The maximum absolute atomic E-state index is 13.6. The van der Waals surface area contributed by atoms with Gasteiger partial charge in [-0.2, -0.15) is 0 Å². The standard InChI is InChI=1S/C30H42ClNO3S/c1-5-23(25-8-9-26(31)36-25)32-27(35)14-17(2)20-6-7-21-28-22(11-13-30(20,21)4)29(3)12-10-19(33)15-18(29)16-24(28)34/h8-9,17-18,20-23,28H,5-7,10-16H2,1-4H3,(H,32,35)/t17-,18+,20?,21+,22+,23+,28+,29+,30-/m1/s1. The van der Waals surface area contributed by atoms with E-state index in [9.17, 15) is 14.4 Å². The van der Waals surface area contributed by atoms with Crippen molar-refractivity contribution in [3.05, 3.63) is 21.3 Å². The maximum atomic E-state index is 13.6. The summed E-state index contributed by atoms with van der Waals surface area (Å²) in [5.41, 5.74) is 0.257. The Morgan fingerprint density at radius 1 is 1.11 bits per heavy atom. The van der Waals surface area contributed by atoms with Gasteiger partial charge in [-0.3, -0.25) is 14.4 Å². The summed E-state index contributed by atoms with van der Waals surface area (Å²) in [7, 11) is 0. The van der Waals surface area contributed by atoms with E-state index < -0.39 is 0 Å². The second kappa shape index (κ2) is 9.84. The molecule has 1 aromatic heterocycles. The number of thiophene rings is 1. The third-order valence-corrected chi connectivity index (χ3v) is 12.6. The topological polar surface area (TPSA) is 63.2 Å². The van der Waals surface area contributed by atoms with Crippen LogP contribution in [0.25, 0.3) is 0 Å². The monoisotopic (exact) mass is 531 g/mol. The summed E-state index contributed by atoms with van der Waals surface area (Å²) in [4.78, 5) is 40.0. The molecule has 4 aliphatic carbocycles. The number of amides is 1. The zero-order chi connectivity index (χ0) is 25.8. The van der Waals surface area contributed by atoms with Crippen molar-refractivity contribution in [1.82, 2.24) is 5.32 Å². The second-order valence-corrected chi connectivity index (χ2v) is 14.7. The van der Waals surface area contributed by atoms with Crippen LogP contribution in [0.3, 0.4) is 0 Å². The highest BCUT2D eigenvalue weighted by atomic mass is 35.5. The number of rotatable bonds is 6. The predicted octanol–water partition coefficient (Wildman–Crippen LogP) is 7.40. The first-order chi connectivity index (χ1) is 17.1. The lowest BCUT2D eigenvalue weighted by molar-refractivity contribution is -0.159. The van der Waals surface area contributed by atoms with E-state index in [0.717, 1.165) is 47.7 Å². The quantitative estimate of drug-likeness (QED) is 0.416. The van der Waals surface area contributed by atoms with Gasteiger partial charge in [0.15, 0.2) is 0 Å². The molecule has 4 saturated carbocycles. The molecule has 1 unspecified atom stereocenters. The molecule has 0 aromatic carbocycles. The Morgan fingerprint density at radius 2 is 1.86 bits per heavy atom. The lowest BCUT2D eigenvalue weighted by Crippen LogP contribution is -2.57. The second-order valence-electron chi connectivity index (χ2n) is 12.9. The van der Waals surface area contributed by atoms with Crippen LogP contribution in [-0.2, 0) is 14.4 Å². The summed E-state index contributed by atoms with van der Waals surface area (Å²) < 4.78 is 0.754. The molecule has 6 heteroatoms. The van der Waals surface area contributed by atoms with Gasteiger partial charge >= 0.3 is 0 Å². The van der Waals surface area contributed by atoms with Gasteiger partial charge in [0, 0.05) is 36.5 Å². The molecule has 4 aliphatic rings. The Kier molecular flexibility index (Phi) is 7.22. The largest absolute Gasteiger partial charge is 0.348 e. The summed E-state index contributed by atoms with van der Waals surface area (Å²) in [5.74, 6) is 2.91. The molecule has 1 amide bonds. The molecular weight excluding hydrogens is 490 g/mol. The first kappa shape index (κ1) is 26.4. The molecule has 4 nitrogen and oxygen atoms in total. The Balaban J connectivity index is 1.28. The summed E-state index contributed by atoms with van der Waals surface area (Å²) in [6.45, 7) is 9.16. The Hall–Kier alpha value is -1.20. The number of ketones is 2. The molecule has 5 rings (SSSR count). The van der Waals surface area contributed by atoms with Crippen LogP contribution in [0, 0.1) is 46.3 Å². The number of hydrogen-bond acceptors (Lipinski definition) is 4. The molecule has 1 heterocycles. The van der Waals surface area contributed by atoms with Gasteiger partial charge in [0.2, 0.25) is 5.91 Å². The van der Waals surface area contributed by atoms with Gasteiger partial charge in [0.05, 0.1) is 10.4 Å². The fourth-order valence-electron chi connectivity index (χ4n) is 9.28. The van der Waals surface area contributed by atoms with E-state index >= 15 is 0 Å². The summed E-state index contributed by atoms with van der Waals surface area (Å²) in [5, 5.41) is 3.26. The number of hydrogen-bond donors (Lipinski definition) is 1. The molecule has 9 atom stereocenters. The molecule has 0 aliphatic heterocycles. The van der Waals surface area contributed by atoms with Crippen LogP contribution in [0.5, 0.6) is 0 Å². The zero-order valence-electron chi connectivity index (χ0n) is 22.3. The smallest absolute Gasteiger partial charge is 0.220 e. The van der Waals surface area contributed by atoms with Crippen LogP contribution in [0.2, 0.25) is 4.34 Å². The molecule has 0 spiro atoms. The van der Waals surface area contributed by atoms with Crippen LogP contribution < -0.4 is 5.32 Å². The van der Waals surface area contributed by atoms with Crippen molar-refractivity contribution >= 4 is 40.4 Å². The van der Waals surface area contributed by atoms with E-state index in [1.165, 1.54) is 11.3 Å². The van der Waals surface area contributed by atoms with Crippen molar-refractivity contribution in [3.8, 4) is 0 Å². The third kappa shape index (κ3) is 4.40. The van der Waals surface area contributed by atoms with Gasteiger partial charge in [-0.1, -0.05) is 39.3 Å². The number of carbonyl (C=O) groups excluding carboxylic acids is 3. The Bertz CT molecular complexity index is 1040. The van der Waals surface area contributed by atoms with Crippen molar-refractivity contribution in [1.29, 1.82) is 0 Å². The average molecular weight is 532 g/mol. The average Bonchev–Trinajstić information content (AvgIpc) is 3.41. The molecule has 4 fully saturated rings. The van der Waals surface area contributed by atoms with Crippen LogP contribution >= 0.6 is 22.9 Å². The highest BCUT2D eigenvalue weighted by molar-refractivity contribution is 7.16. The van der Waals surface area contributed by atoms with Crippen LogP contribution in [0.15, 0.2) is 12.1 Å². The minimum absolute atomic E-state index is 0.0143. The predicted molar refractivity (Wildman–Crippen MR) is 145 cm³/mol. The normalized spacial score (nSPS) is 39.6. The lowest BCUT2D eigenvalue weighted by Gasteiger charge is -2.59. The van der Waals surface area contributed by atoms with Crippen LogP contribution in [0.1, 0.15) is 103 Å². The SMILES string of the molecule is CC[C@H](NC(=O)C[C@@H](C)C1CC[C@H]2[C@@H]3C(=O)C[C@@H]4CC(=O)CC[C@]4(C)[C@H]3CC[C@]12C)c1ccc(Cl)s1. The number of halogens is 1. The fourth-order valence-corrected chi connectivity index (χ4v) is 10.5. The van der Waals surface area contributed by atoms with Gasteiger partial charge in [-0.15, -0.1) is 11.3 Å². The molecule has 1 aromatic rings. The summed E-state index contributed by atoms with van der Waals surface area (Å²) in [6, 6.07) is 3.93. The minimum Gasteiger partial charge on any atom is -0.348 e. The van der Waals surface area contributed by atoms with E-state index in [1.54, 1.807) is 0 Å². The number of carbonyl (C=O) groups is 3. The zero-order valence-corrected chi connectivity index (χ0v) is 23.9. The van der Waals surface area contributed by atoms with Gasteiger partial charge in [-0.25, -0.2) is 0 Å². The van der Waals surface area contributed by atoms with Gasteiger partial charge in [0.25, 0.3) is 0 Å². The number of Topliss-reactive ketones (excluding diaryl/α,β-unsaturated/α-hetero) is 2. The van der Waals surface area contributed by atoms with Gasteiger partial charge in [-0.05, 0) is 91.1 Å². The summed E-state index contributed by atoms with van der Waals surface area (Å²) >= 11 is 7.67. The third-order valence-electron chi connectivity index (χ3n) is 11.2. The van der Waals surface area contributed by atoms with Gasteiger partial charge < -0.3 is 5.32 Å². The molecular formula is C30H42ClNO3S. The van der Waals surface area contributed by atoms with Crippen molar-refractivity contribution in [3.63, 3.8) is 0 Å². The van der Waals surface area contributed by atoms with E-state index in [2.05, 4.69) is 33.0 Å². The van der Waals surface area contributed by atoms with Crippen LogP contribution in [0.4, 0.5) is 0 Å². The van der Waals surface area contributed by atoms with Gasteiger partial charge in [0.1, 0.15) is 11.6 Å². The van der Waals surface area contributed by atoms with Crippen LogP contribution in [-0.4, -0.2) is 17.5 Å². The Morgan fingerprint density at radius 3 is 2.56 bits per heavy atom. The van der Waals surface area contributed by atoms with E-state index in [1.807, 2.05) is 12.1 Å². The first-order valence-electron chi connectivity index (χ1n) is 14.2. The van der Waals surface area contributed by atoms with E-state index in [4.69, 9.17) is 11.6 Å². The number of fused-ring (bicyclic) bond motifs is 5. The van der Waals surface area contributed by atoms with Crippen molar-refractivity contribution in [2.45, 2.75) is 97.9 Å².